The van der Waals surface area contributed by atoms with Crippen LogP contribution in [0.25, 0.3) is 0 Å². The molecule has 0 aliphatic carbocycles. The smallest absolute Gasteiger partial charge is 0.243 e. The first-order valence-electron chi connectivity index (χ1n) is 7.99. The largest absolute Gasteiger partial charge is 0.454 e. The number of rotatable bonds is 3. The van der Waals surface area contributed by atoms with Gasteiger partial charge >= 0.3 is 0 Å². The summed E-state index contributed by atoms with van der Waals surface area (Å²) >= 11 is 0. The molecule has 3 aliphatic heterocycles. The molecule has 0 radical (unpaired) electrons. The molecule has 0 spiro atoms. The van der Waals surface area contributed by atoms with E-state index in [0.717, 1.165) is 32.6 Å². The summed E-state index contributed by atoms with van der Waals surface area (Å²) in [6, 6.07) is 5.15. The molecule has 134 valence electrons. The van der Waals surface area contributed by atoms with Crippen LogP contribution in [-0.2, 0) is 10.0 Å². The molecule has 0 bridgehead atoms. The maximum Gasteiger partial charge on any atom is 0.243 e. The summed E-state index contributed by atoms with van der Waals surface area (Å²) in [5.41, 5.74) is 0. The van der Waals surface area contributed by atoms with Gasteiger partial charge in [0.25, 0.3) is 0 Å². The van der Waals surface area contributed by atoms with Gasteiger partial charge in [0.15, 0.2) is 11.5 Å². The Balaban J connectivity index is 0.00000169. The molecule has 1 unspecified atom stereocenters. The number of nitrogens with one attached hydrogen (secondary N) is 1. The molecule has 1 aromatic rings. The van der Waals surface area contributed by atoms with Gasteiger partial charge in [-0.3, -0.25) is 4.90 Å². The predicted molar refractivity (Wildman–Crippen MR) is 91.4 cm³/mol. The summed E-state index contributed by atoms with van der Waals surface area (Å²) in [5.74, 6) is 1.10. The maximum absolute atomic E-state index is 12.9. The lowest BCUT2D eigenvalue weighted by atomic mass is 10.2. The van der Waals surface area contributed by atoms with E-state index in [2.05, 4.69) is 10.2 Å². The van der Waals surface area contributed by atoms with Crippen LogP contribution in [0.2, 0.25) is 0 Å². The van der Waals surface area contributed by atoms with E-state index in [1.807, 2.05) is 0 Å². The Bertz CT molecular complexity index is 694. The van der Waals surface area contributed by atoms with E-state index < -0.39 is 10.0 Å². The molecule has 24 heavy (non-hydrogen) atoms. The van der Waals surface area contributed by atoms with Crippen LogP contribution in [0.15, 0.2) is 23.1 Å². The first kappa shape index (κ1) is 17.8. The lowest BCUT2D eigenvalue weighted by molar-refractivity contribution is 0.174. The van der Waals surface area contributed by atoms with Crippen LogP contribution < -0.4 is 14.8 Å². The monoisotopic (exact) mass is 375 g/mol. The first-order chi connectivity index (χ1) is 11.1. The quantitative estimate of drug-likeness (QED) is 0.829. The molecule has 0 aromatic heterocycles. The van der Waals surface area contributed by atoms with E-state index in [1.54, 1.807) is 22.5 Å². The van der Waals surface area contributed by atoms with Crippen LogP contribution in [0.3, 0.4) is 0 Å². The normalized spacial score (nSPS) is 24.8. The molecule has 3 heterocycles. The highest BCUT2D eigenvalue weighted by Crippen LogP contribution is 2.35. The summed E-state index contributed by atoms with van der Waals surface area (Å²) in [6.45, 7) is 5.22. The summed E-state index contributed by atoms with van der Waals surface area (Å²) in [4.78, 5) is 2.67. The molecular weight excluding hydrogens is 354 g/mol. The molecule has 1 atom stereocenters. The van der Waals surface area contributed by atoms with E-state index in [9.17, 15) is 8.42 Å². The summed E-state index contributed by atoms with van der Waals surface area (Å²) in [6.07, 6.45) is 0.893. The lowest BCUT2D eigenvalue weighted by Gasteiger charge is -2.32. The Labute approximate surface area is 148 Å². The summed E-state index contributed by atoms with van der Waals surface area (Å²) < 4.78 is 37.9. The van der Waals surface area contributed by atoms with E-state index in [4.69, 9.17) is 9.47 Å². The van der Waals surface area contributed by atoms with Crippen molar-refractivity contribution >= 4 is 22.4 Å². The van der Waals surface area contributed by atoms with Crippen molar-refractivity contribution < 1.29 is 17.9 Å². The van der Waals surface area contributed by atoms with Gasteiger partial charge < -0.3 is 14.8 Å². The minimum atomic E-state index is -3.48. The molecule has 0 saturated carbocycles. The number of nitrogens with zero attached hydrogens (tertiary/aromatic N) is 2. The van der Waals surface area contributed by atoms with Gasteiger partial charge in [-0.05, 0) is 18.6 Å². The van der Waals surface area contributed by atoms with Crippen LogP contribution in [0.1, 0.15) is 6.42 Å². The minimum absolute atomic E-state index is 0. The fraction of sp³-hybridized carbons (Fsp3) is 0.600. The van der Waals surface area contributed by atoms with Crippen molar-refractivity contribution in [3.63, 3.8) is 0 Å². The minimum Gasteiger partial charge on any atom is -0.454 e. The third-order valence-corrected chi connectivity index (χ3v) is 6.64. The fourth-order valence-electron chi connectivity index (χ4n) is 3.46. The van der Waals surface area contributed by atoms with Crippen molar-refractivity contribution in [3.8, 4) is 11.5 Å². The van der Waals surface area contributed by atoms with Crippen molar-refractivity contribution in [2.45, 2.75) is 17.4 Å². The fourth-order valence-corrected chi connectivity index (χ4v) is 4.97. The zero-order chi connectivity index (χ0) is 15.9. The molecule has 1 aromatic carbocycles. The second-order valence-electron chi connectivity index (χ2n) is 6.11. The van der Waals surface area contributed by atoms with Crippen LogP contribution in [0.5, 0.6) is 11.5 Å². The van der Waals surface area contributed by atoms with E-state index in [-0.39, 0.29) is 24.1 Å². The molecule has 2 saturated heterocycles. The molecule has 3 aliphatic rings. The van der Waals surface area contributed by atoms with Gasteiger partial charge in [-0.1, -0.05) is 0 Å². The van der Waals surface area contributed by atoms with Crippen LogP contribution in [0, 0.1) is 0 Å². The van der Waals surface area contributed by atoms with Gasteiger partial charge in [0.05, 0.1) is 4.90 Å². The Morgan fingerprint density at radius 2 is 1.83 bits per heavy atom. The molecule has 0 amide bonds. The zero-order valence-electron chi connectivity index (χ0n) is 13.3. The van der Waals surface area contributed by atoms with Crippen LogP contribution >= 0.6 is 12.4 Å². The molecule has 2 fully saturated rings. The van der Waals surface area contributed by atoms with E-state index in [0.29, 0.717) is 30.6 Å². The molecular formula is C15H22ClN3O4S. The highest BCUT2D eigenvalue weighted by molar-refractivity contribution is 7.89. The number of fused-ring (bicyclic) bond motifs is 1. The second kappa shape index (κ2) is 7.05. The van der Waals surface area contributed by atoms with Gasteiger partial charge in [-0.15, -0.1) is 12.4 Å². The Morgan fingerprint density at radius 3 is 2.62 bits per heavy atom. The summed E-state index contributed by atoms with van der Waals surface area (Å²) in [5, 5.41) is 3.33. The SMILES string of the molecule is Cl.O=S(=O)(c1ccc2c(c1)OCO2)N1CCC(N2CCNCC2)C1. The number of hydrogen-bond donors (Lipinski definition) is 1. The Morgan fingerprint density at radius 1 is 1.08 bits per heavy atom. The third-order valence-electron chi connectivity index (χ3n) is 4.78. The van der Waals surface area contributed by atoms with Crippen LogP contribution in [-0.4, -0.2) is 69.7 Å². The average molecular weight is 376 g/mol. The number of halogens is 1. The Kier molecular flexibility index (Phi) is 5.22. The van der Waals surface area contributed by atoms with E-state index in [1.165, 1.54) is 0 Å². The van der Waals surface area contributed by atoms with Crippen molar-refractivity contribution in [2.24, 2.45) is 0 Å². The first-order valence-corrected chi connectivity index (χ1v) is 9.43. The molecule has 9 heteroatoms. The van der Waals surface area contributed by atoms with Crippen LogP contribution in [0.4, 0.5) is 0 Å². The van der Waals surface area contributed by atoms with Crippen molar-refractivity contribution in [2.75, 3.05) is 46.1 Å². The Hall–Kier alpha value is -1.06. The highest BCUT2D eigenvalue weighted by atomic mass is 35.5. The van der Waals surface area contributed by atoms with E-state index >= 15 is 0 Å². The lowest BCUT2D eigenvalue weighted by Crippen LogP contribution is -2.49. The van der Waals surface area contributed by atoms with Gasteiger partial charge in [-0.2, -0.15) is 4.31 Å². The molecule has 4 rings (SSSR count). The number of ether oxygens (including phenoxy) is 2. The van der Waals surface area contributed by atoms with Gasteiger partial charge in [0, 0.05) is 51.4 Å². The second-order valence-corrected chi connectivity index (χ2v) is 8.04. The number of hydrogen-bond acceptors (Lipinski definition) is 6. The average Bonchev–Trinajstić information content (AvgIpc) is 3.24. The van der Waals surface area contributed by atoms with Crippen molar-refractivity contribution in [3.05, 3.63) is 18.2 Å². The topological polar surface area (TPSA) is 71.1 Å². The number of benzene rings is 1. The summed E-state index contributed by atoms with van der Waals surface area (Å²) in [7, 11) is -3.48. The standard InChI is InChI=1S/C15H21N3O4S.ClH/c19-23(20,13-1-2-14-15(9-13)22-11-21-14)18-6-3-12(10-18)17-7-4-16-5-8-17;/h1-2,9,12,16H,3-8,10-11H2;1H. The van der Waals surface area contributed by atoms with Gasteiger partial charge in [0.1, 0.15) is 0 Å². The van der Waals surface area contributed by atoms with Gasteiger partial charge in [-0.25, -0.2) is 8.42 Å². The van der Waals surface area contributed by atoms with Crippen molar-refractivity contribution in [1.29, 1.82) is 0 Å². The van der Waals surface area contributed by atoms with Crippen molar-refractivity contribution in [1.82, 2.24) is 14.5 Å². The van der Waals surface area contributed by atoms with Gasteiger partial charge in [0.2, 0.25) is 16.8 Å². The molecule has 1 N–H and O–H groups in total. The number of sulfonamides is 1. The number of piperazine rings is 1. The molecule has 7 nitrogen and oxygen atoms in total. The highest BCUT2D eigenvalue weighted by Gasteiger charge is 2.36. The zero-order valence-corrected chi connectivity index (χ0v) is 14.9. The predicted octanol–water partition coefficient (Wildman–Crippen LogP) is 0.505. The third kappa shape index (κ3) is 3.21. The maximum atomic E-state index is 12.9.